The first-order valence-electron chi connectivity index (χ1n) is 8.27. The fourth-order valence-electron chi connectivity index (χ4n) is 2.93. The molecular weight excluding hydrogens is 361 g/mol. The Balaban J connectivity index is 1.51. The number of rotatable bonds is 5. The predicted octanol–water partition coefficient (Wildman–Crippen LogP) is 3.69. The van der Waals surface area contributed by atoms with Gasteiger partial charge in [-0.05, 0) is 36.6 Å². The Hall–Kier alpha value is -1.47. The standard InChI is InChI=1S/C18H21ClFN3OS/c1-13(18(24)21-17-5-4-14(20)11-16(17)19)23-8-6-22(7-9-23)12-15-3-2-10-25-15/h2-5,10-11,13H,6-9,12H2,1H3,(H,21,24)/t13-/m1/s1. The largest absolute Gasteiger partial charge is 0.323 e. The molecule has 4 nitrogen and oxygen atoms in total. The quantitative estimate of drug-likeness (QED) is 0.858. The van der Waals surface area contributed by atoms with Gasteiger partial charge < -0.3 is 5.32 Å². The molecule has 7 heteroatoms. The van der Waals surface area contributed by atoms with E-state index in [-0.39, 0.29) is 17.0 Å². The molecule has 2 aromatic rings. The van der Waals surface area contributed by atoms with Crippen LogP contribution < -0.4 is 5.32 Å². The molecule has 1 aromatic heterocycles. The average Bonchev–Trinajstić information content (AvgIpc) is 3.10. The maximum absolute atomic E-state index is 13.1. The minimum atomic E-state index is -0.419. The van der Waals surface area contributed by atoms with Gasteiger partial charge in [0, 0.05) is 37.6 Å². The number of thiophene rings is 1. The van der Waals surface area contributed by atoms with Gasteiger partial charge in [0.2, 0.25) is 5.91 Å². The molecule has 0 saturated carbocycles. The second kappa shape index (κ2) is 8.27. The Morgan fingerprint density at radius 1 is 1.32 bits per heavy atom. The smallest absolute Gasteiger partial charge is 0.241 e. The van der Waals surface area contributed by atoms with Crippen molar-refractivity contribution in [3.8, 4) is 0 Å². The molecule has 2 heterocycles. The van der Waals surface area contributed by atoms with Crippen LogP contribution in [0.3, 0.4) is 0 Å². The first kappa shape index (κ1) is 18.3. The first-order chi connectivity index (χ1) is 12.0. The van der Waals surface area contributed by atoms with E-state index in [2.05, 4.69) is 32.6 Å². The molecule has 0 unspecified atom stereocenters. The fourth-order valence-corrected chi connectivity index (χ4v) is 3.89. The number of amides is 1. The minimum absolute atomic E-state index is 0.125. The maximum Gasteiger partial charge on any atom is 0.241 e. The summed E-state index contributed by atoms with van der Waals surface area (Å²) in [4.78, 5) is 18.4. The highest BCUT2D eigenvalue weighted by molar-refractivity contribution is 7.09. The van der Waals surface area contributed by atoms with Gasteiger partial charge in [-0.3, -0.25) is 14.6 Å². The monoisotopic (exact) mass is 381 g/mol. The van der Waals surface area contributed by atoms with Crippen LogP contribution in [0.1, 0.15) is 11.8 Å². The van der Waals surface area contributed by atoms with Crippen molar-refractivity contribution < 1.29 is 9.18 Å². The van der Waals surface area contributed by atoms with Crippen molar-refractivity contribution in [3.63, 3.8) is 0 Å². The van der Waals surface area contributed by atoms with Crippen LogP contribution in [-0.2, 0) is 11.3 Å². The molecular formula is C18H21ClFN3OS. The Labute approximate surface area is 156 Å². The molecule has 1 fully saturated rings. The molecule has 0 radical (unpaired) electrons. The van der Waals surface area contributed by atoms with Crippen molar-refractivity contribution in [2.24, 2.45) is 0 Å². The average molecular weight is 382 g/mol. The van der Waals surface area contributed by atoms with Crippen LogP contribution in [0.4, 0.5) is 10.1 Å². The van der Waals surface area contributed by atoms with Gasteiger partial charge in [0.25, 0.3) is 0 Å². The highest BCUT2D eigenvalue weighted by Crippen LogP contribution is 2.23. The molecule has 1 amide bonds. The fraction of sp³-hybridized carbons (Fsp3) is 0.389. The second-order valence-corrected chi connectivity index (χ2v) is 7.62. The lowest BCUT2D eigenvalue weighted by molar-refractivity contribution is -0.121. The van der Waals surface area contributed by atoms with E-state index in [1.165, 1.54) is 23.1 Å². The third kappa shape index (κ3) is 4.79. The number of anilines is 1. The zero-order chi connectivity index (χ0) is 17.8. The number of hydrogen-bond donors (Lipinski definition) is 1. The number of piperazine rings is 1. The van der Waals surface area contributed by atoms with Gasteiger partial charge >= 0.3 is 0 Å². The van der Waals surface area contributed by atoms with Crippen LogP contribution in [0.2, 0.25) is 5.02 Å². The van der Waals surface area contributed by atoms with Gasteiger partial charge in [-0.2, -0.15) is 0 Å². The van der Waals surface area contributed by atoms with E-state index in [1.54, 1.807) is 11.3 Å². The van der Waals surface area contributed by atoms with E-state index in [9.17, 15) is 9.18 Å². The highest BCUT2D eigenvalue weighted by atomic mass is 35.5. The van der Waals surface area contributed by atoms with Gasteiger partial charge in [-0.1, -0.05) is 17.7 Å². The molecule has 1 aliphatic rings. The summed E-state index contributed by atoms with van der Waals surface area (Å²) in [5.41, 5.74) is 0.441. The topological polar surface area (TPSA) is 35.6 Å². The summed E-state index contributed by atoms with van der Waals surface area (Å²) < 4.78 is 13.1. The Kier molecular flexibility index (Phi) is 6.06. The molecule has 1 N–H and O–H groups in total. The summed E-state index contributed by atoms with van der Waals surface area (Å²) in [5.74, 6) is -0.543. The number of halogens is 2. The lowest BCUT2D eigenvalue weighted by Gasteiger charge is -2.37. The van der Waals surface area contributed by atoms with Gasteiger partial charge in [0.15, 0.2) is 0 Å². The lowest BCUT2D eigenvalue weighted by atomic mass is 10.2. The van der Waals surface area contributed by atoms with Crippen molar-refractivity contribution in [3.05, 3.63) is 51.4 Å². The molecule has 1 saturated heterocycles. The number of carbonyl (C=O) groups is 1. The van der Waals surface area contributed by atoms with Gasteiger partial charge in [0.05, 0.1) is 16.8 Å². The summed E-state index contributed by atoms with van der Waals surface area (Å²) in [6.07, 6.45) is 0. The van der Waals surface area contributed by atoms with E-state index in [0.29, 0.717) is 5.69 Å². The molecule has 1 aromatic carbocycles. The number of hydrogen-bond acceptors (Lipinski definition) is 4. The maximum atomic E-state index is 13.1. The van der Waals surface area contributed by atoms with E-state index in [0.717, 1.165) is 32.7 Å². The SMILES string of the molecule is C[C@H](C(=O)Nc1ccc(F)cc1Cl)N1CCN(Cc2cccs2)CC1. The van der Waals surface area contributed by atoms with E-state index in [4.69, 9.17) is 11.6 Å². The predicted molar refractivity (Wildman–Crippen MR) is 101 cm³/mol. The summed E-state index contributed by atoms with van der Waals surface area (Å²) in [6.45, 7) is 6.42. The Morgan fingerprint density at radius 3 is 2.72 bits per heavy atom. The first-order valence-corrected chi connectivity index (χ1v) is 9.53. The Bertz CT molecular complexity index is 717. The zero-order valence-corrected chi connectivity index (χ0v) is 15.6. The Morgan fingerprint density at radius 2 is 2.08 bits per heavy atom. The summed E-state index contributed by atoms with van der Waals surface area (Å²) in [7, 11) is 0. The molecule has 3 rings (SSSR count). The third-order valence-electron chi connectivity index (χ3n) is 4.48. The molecule has 0 bridgehead atoms. The van der Waals surface area contributed by atoms with E-state index >= 15 is 0 Å². The summed E-state index contributed by atoms with van der Waals surface area (Å²) in [5, 5.41) is 5.10. The van der Waals surface area contributed by atoms with E-state index in [1.807, 2.05) is 6.92 Å². The molecule has 25 heavy (non-hydrogen) atoms. The van der Waals surface area contributed by atoms with Crippen LogP contribution in [0.25, 0.3) is 0 Å². The molecule has 0 aliphatic carbocycles. The molecule has 0 spiro atoms. The van der Waals surface area contributed by atoms with Crippen molar-refractivity contribution in [1.29, 1.82) is 0 Å². The van der Waals surface area contributed by atoms with Crippen molar-refractivity contribution in [2.75, 3.05) is 31.5 Å². The van der Waals surface area contributed by atoms with Crippen LogP contribution in [0.5, 0.6) is 0 Å². The summed E-state index contributed by atoms with van der Waals surface area (Å²) in [6, 6.07) is 7.94. The van der Waals surface area contributed by atoms with Crippen LogP contribution in [0.15, 0.2) is 35.7 Å². The van der Waals surface area contributed by atoms with Crippen molar-refractivity contribution >= 4 is 34.5 Å². The van der Waals surface area contributed by atoms with Crippen LogP contribution in [-0.4, -0.2) is 47.9 Å². The number of nitrogens with zero attached hydrogens (tertiary/aromatic N) is 2. The van der Waals surface area contributed by atoms with Gasteiger partial charge in [-0.25, -0.2) is 4.39 Å². The zero-order valence-electron chi connectivity index (χ0n) is 14.0. The number of carbonyl (C=O) groups excluding carboxylic acids is 1. The molecule has 1 atom stereocenters. The number of nitrogens with one attached hydrogen (secondary N) is 1. The minimum Gasteiger partial charge on any atom is -0.323 e. The van der Waals surface area contributed by atoms with Crippen molar-refractivity contribution in [2.45, 2.75) is 19.5 Å². The summed E-state index contributed by atoms with van der Waals surface area (Å²) >= 11 is 7.75. The van der Waals surface area contributed by atoms with Gasteiger partial charge in [-0.15, -0.1) is 11.3 Å². The molecule has 1 aliphatic heterocycles. The van der Waals surface area contributed by atoms with Crippen LogP contribution in [0, 0.1) is 5.82 Å². The van der Waals surface area contributed by atoms with E-state index < -0.39 is 5.82 Å². The van der Waals surface area contributed by atoms with Crippen molar-refractivity contribution in [1.82, 2.24) is 9.80 Å². The lowest BCUT2D eigenvalue weighted by Crippen LogP contribution is -2.52. The number of benzene rings is 1. The van der Waals surface area contributed by atoms with Gasteiger partial charge in [0.1, 0.15) is 5.82 Å². The van der Waals surface area contributed by atoms with Crippen LogP contribution >= 0.6 is 22.9 Å². The third-order valence-corrected chi connectivity index (χ3v) is 5.66. The highest BCUT2D eigenvalue weighted by Gasteiger charge is 2.26. The normalized spacial score (nSPS) is 17.4. The molecule has 134 valence electrons. The second-order valence-electron chi connectivity index (χ2n) is 6.18.